The Hall–Kier alpha value is -5.20. The van der Waals surface area contributed by atoms with E-state index >= 15 is 0 Å². The summed E-state index contributed by atoms with van der Waals surface area (Å²) in [5.74, 6) is -1.76. The van der Waals surface area contributed by atoms with Crippen LogP contribution in [-0.4, -0.2) is 77.3 Å². The smallest absolute Gasteiger partial charge is 0.255 e. The van der Waals surface area contributed by atoms with Crippen LogP contribution in [0.2, 0.25) is 0 Å². The number of carbonyl (C=O) groups excluding carboxylic acids is 5. The molecule has 0 saturated carbocycles. The Morgan fingerprint density at radius 2 is 1.63 bits per heavy atom. The maximum absolute atomic E-state index is 13.8. The van der Waals surface area contributed by atoms with Gasteiger partial charge in [-0.3, -0.25) is 24.0 Å². The van der Waals surface area contributed by atoms with E-state index < -0.39 is 54.1 Å². The number of aromatic nitrogens is 2. The molecule has 0 bridgehead atoms. The molecule has 2 aromatic carbocycles. The third kappa shape index (κ3) is 13.2. The minimum absolute atomic E-state index is 0.0436. The van der Waals surface area contributed by atoms with E-state index in [2.05, 4.69) is 50.4 Å². The number of para-hydroxylation sites is 1. The van der Waals surface area contributed by atoms with Crippen LogP contribution in [0.4, 0.5) is 0 Å². The van der Waals surface area contributed by atoms with Crippen LogP contribution in [0.25, 0.3) is 0 Å². The molecule has 13 nitrogen and oxygen atoms in total. The molecule has 3 atom stereocenters. The molecule has 0 spiro atoms. The lowest BCUT2D eigenvalue weighted by atomic mass is 10.0. The second-order valence-electron chi connectivity index (χ2n) is 13.3. The second kappa shape index (κ2) is 20.5. The van der Waals surface area contributed by atoms with Gasteiger partial charge in [-0.1, -0.05) is 82.0 Å². The first-order valence-corrected chi connectivity index (χ1v) is 17.9. The Kier molecular flexibility index (Phi) is 15.5. The third-order valence-electron chi connectivity index (χ3n) is 8.57. The number of nitrogens with one attached hydrogen (secondary N) is 6. The number of ether oxygens (including phenoxy) is 1. The lowest BCUT2D eigenvalue weighted by Gasteiger charge is -2.24. The van der Waals surface area contributed by atoms with Crippen LogP contribution in [-0.2, 0) is 32.0 Å². The van der Waals surface area contributed by atoms with Crippen LogP contribution in [0.5, 0.6) is 5.75 Å². The quantitative estimate of drug-likeness (QED) is 0.157. The predicted molar refractivity (Wildman–Crippen MR) is 193 cm³/mol. The molecule has 2 heterocycles. The van der Waals surface area contributed by atoms with Gasteiger partial charge < -0.3 is 36.3 Å². The zero-order valence-corrected chi connectivity index (χ0v) is 29.5. The van der Waals surface area contributed by atoms with E-state index in [0.717, 1.165) is 37.7 Å². The summed E-state index contributed by atoms with van der Waals surface area (Å²) in [7, 11) is 0. The molecule has 6 N–H and O–H groups in total. The van der Waals surface area contributed by atoms with Crippen LogP contribution in [0.1, 0.15) is 80.4 Å². The number of H-pyrrole nitrogens is 1. The van der Waals surface area contributed by atoms with E-state index in [-0.39, 0.29) is 31.6 Å². The number of unbranched alkanes of at least 4 members (excludes halogenated alkanes) is 3. The van der Waals surface area contributed by atoms with Gasteiger partial charge in [-0.25, -0.2) is 4.98 Å². The van der Waals surface area contributed by atoms with Gasteiger partial charge in [0.1, 0.15) is 23.9 Å². The van der Waals surface area contributed by atoms with Crippen molar-refractivity contribution < 1.29 is 28.7 Å². The number of nitrogens with zero attached hydrogens (tertiary/aromatic N) is 1. The van der Waals surface area contributed by atoms with Gasteiger partial charge in [0.05, 0.1) is 24.9 Å². The second-order valence-corrected chi connectivity index (χ2v) is 13.3. The fourth-order valence-corrected chi connectivity index (χ4v) is 5.78. The number of benzene rings is 2. The van der Waals surface area contributed by atoms with E-state index in [4.69, 9.17) is 4.74 Å². The molecule has 0 radical (unpaired) electrons. The zero-order chi connectivity index (χ0) is 36.4. The fraction of sp³-hybridized carbons (Fsp3) is 0.474. The van der Waals surface area contributed by atoms with Crippen LogP contribution >= 0.6 is 0 Å². The molecule has 1 aliphatic heterocycles. The van der Waals surface area contributed by atoms with E-state index in [1.54, 1.807) is 24.3 Å². The molecule has 1 aromatic heterocycles. The number of hydrogen-bond donors (Lipinski definition) is 6. The van der Waals surface area contributed by atoms with E-state index in [9.17, 15) is 24.0 Å². The number of aromatic amines is 1. The van der Waals surface area contributed by atoms with Crippen molar-refractivity contribution in [2.24, 2.45) is 5.92 Å². The third-order valence-corrected chi connectivity index (χ3v) is 8.57. The van der Waals surface area contributed by atoms with Crippen molar-refractivity contribution in [1.29, 1.82) is 0 Å². The van der Waals surface area contributed by atoms with Crippen molar-refractivity contribution in [3.8, 4) is 5.75 Å². The van der Waals surface area contributed by atoms with E-state index in [0.29, 0.717) is 30.3 Å². The van der Waals surface area contributed by atoms with Gasteiger partial charge in [0.15, 0.2) is 0 Å². The summed E-state index contributed by atoms with van der Waals surface area (Å²) in [4.78, 5) is 74.8. The lowest BCUT2D eigenvalue weighted by Crippen LogP contribution is -2.56. The Morgan fingerprint density at radius 3 is 2.39 bits per heavy atom. The maximum atomic E-state index is 13.8. The molecular weight excluding hydrogens is 650 g/mol. The minimum atomic E-state index is -1.24. The lowest BCUT2D eigenvalue weighted by molar-refractivity contribution is -0.133. The molecule has 274 valence electrons. The van der Waals surface area contributed by atoms with E-state index in [1.807, 2.05) is 30.3 Å². The van der Waals surface area contributed by atoms with Crippen molar-refractivity contribution in [1.82, 2.24) is 36.6 Å². The molecule has 0 saturated heterocycles. The average Bonchev–Trinajstić information content (AvgIpc) is 3.63. The number of carbonyl (C=O) groups is 5. The van der Waals surface area contributed by atoms with Gasteiger partial charge in [-0.15, -0.1) is 0 Å². The maximum Gasteiger partial charge on any atom is 0.255 e. The van der Waals surface area contributed by atoms with Gasteiger partial charge >= 0.3 is 0 Å². The molecular formula is C38H51N7O6. The normalized spacial score (nSPS) is 19.3. The van der Waals surface area contributed by atoms with Crippen molar-refractivity contribution in [3.63, 3.8) is 0 Å². The van der Waals surface area contributed by atoms with Gasteiger partial charge in [-0.2, -0.15) is 0 Å². The summed E-state index contributed by atoms with van der Waals surface area (Å²) in [6.45, 7) is 5.23. The highest BCUT2D eigenvalue weighted by molar-refractivity contribution is 6.01. The number of rotatable bonds is 12. The first-order valence-electron chi connectivity index (χ1n) is 17.9. The van der Waals surface area contributed by atoms with Crippen LogP contribution in [0, 0.1) is 5.92 Å². The molecule has 51 heavy (non-hydrogen) atoms. The Morgan fingerprint density at radius 1 is 0.882 bits per heavy atom. The topological polar surface area (TPSA) is 183 Å². The number of amides is 5. The summed E-state index contributed by atoms with van der Waals surface area (Å²) in [6, 6.07) is 12.6. The summed E-state index contributed by atoms with van der Waals surface area (Å²) in [5.41, 5.74) is 1.62. The summed E-state index contributed by atoms with van der Waals surface area (Å²) in [5, 5.41) is 14.0. The molecule has 3 aromatic rings. The number of fused-ring (bicyclic) bond motifs is 1. The highest BCUT2D eigenvalue weighted by Gasteiger charge is 2.31. The van der Waals surface area contributed by atoms with E-state index in [1.165, 1.54) is 12.5 Å². The molecule has 0 fully saturated rings. The molecule has 0 unspecified atom stereocenters. The first kappa shape index (κ1) is 38.6. The fourth-order valence-electron chi connectivity index (χ4n) is 5.78. The highest BCUT2D eigenvalue weighted by atomic mass is 16.5. The van der Waals surface area contributed by atoms with Crippen LogP contribution < -0.4 is 31.3 Å². The van der Waals surface area contributed by atoms with Gasteiger partial charge in [0, 0.05) is 37.8 Å². The minimum Gasteiger partial charge on any atom is -0.493 e. The molecule has 4 rings (SSSR count). The first-order chi connectivity index (χ1) is 24.7. The highest BCUT2D eigenvalue weighted by Crippen LogP contribution is 2.19. The SMILES string of the molecule is CC(C)CCCCCCNC(=O)[C@@H]1CC(=O)N[C@@H](Cc2cnc[nH]2)C(=O)N[C@@H](Cc2ccccc2)C(=O)NCCCOc2ccccc2C(=O)N1. The largest absolute Gasteiger partial charge is 0.493 e. The molecule has 5 amide bonds. The monoisotopic (exact) mass is 701 g/mol. The van der Waals surface area contributed by atoms with Crippen molar-refractivity contribution in [2.75, 3.05) is 19.7 Å². The summed E-state index contributed by atoms with van der Waals surface area (Å²) < 4.78 is 5.92. The summed E-state index contributed by atoms with van der Waals surface area (Å²) in [6.07, 6.45) is 8.30. The Labute approximate surface area is 299 Å². The zero-order valence-electron chi connectivity index (χ0n) is 29.5. The number of imidazole rings is 1. The van der Waals surface area contributed by atoms with Crippen molar-refractivity contribution >= 4 is 29.5 Å². The van der Waals surface area contributed by atoms with Crippen molar-refractivity contribution in [2.45, 2.75) is 89.8 Å². The average molecular weight is 702 g/mol. The van der Waals surface area contributed by atoms with Crippen molar-refractivity contribution in [3.05, 3.63) is 83.9 Å². The molecule has 13 heteroatoms. The van der Waals surface area contributed by atoms with Gasteiger partial charge in [-0.05, 0) is 36.5 Å². The van der Waals surface area contributed by atoms with Gasteiger partial charge in [0.25, 0.3) is 5.91 Å². The molecule has 1 aliphatic rings. The van der Waals surface area contributed by atoms with Crippen LogP contribution in [0.15, 0.2) is 67.1 Å². The summed E-state index contributed by atoms with van der Waals surface area (Å²) >= 11 is 0. The standard InChI is InChI=1S/C38H51N7O6/c1-26(2)13-6-3-4-11-18-40-37(49)32-23-34(46)43-31(22-28-24-39-25-42-28)38(50)45-30(21-27-14-7-5-8-15-27)36(48)41-19-12-20-51-33-17-10-9-16-29(33)35(47)44-32/h5,7-10,14-17,24-26,30-32H,3-4,6,11-13,18-23H2,1-2H3,(H,39,42)(H,40,49)(H,41,48)(H,43,46)(H,44,47)(H,45,50)/t30-,31-,32-/m0/s1. The Balaban J connectivity index is 1.56. The molecule has 0 aliphatic carbocycles. The van der Waals surface area contributed by atoms with Gasteiger partial charge in [0.2, 0.25) is 23.6 Å². The Bertz CT molecular complexity index is 1560. The number of hydrogen-bond acceptors (Lipinski definition) is 7. The van der Waals surface area contributed by atoms with Crippen LogP contribution in [0.3, 0.4) is 0 Å². The predicted octanol–water partition coefficient (Wildman–Crippen LogP) is 2.97.